The largest absolute Gasteiger partial charge is 0.360 e. The molecule has 0 amide bonds. The molecule has 20 heavy (non-hydrogen) atoms. The molecule has 1 fully saturated rings. The molecule has 0 spiro atoms. The van der Waals surface area contributed by atoms with E-state index in [1.54, 1.807) is 23.3 Å². The van der Waals surface area contributed by atoms with Crippen molar-refractivity contribution in [1.82, 2.24) is 19.6 Å². The third kappa shape index (κ3) is 3.14. The van der Waals surface area contributed by atoms with E-state index >= 15 is 0 Å². The zero-order chi connectivity index (χ0) is 13.8. The normalized spacial score (nSPS) is 17.4. The summed E-state index contributed by atoms with van der Waals surface area (Å²) in [7, 11) is 0. The molecule has 0 atom stereocenters. The Morgan fingerprint density at radius 3 is 2.80 bits per heavy atom. The zero-order valence-electron chi connectivity index (χ0n) is 11.3. The van der Waals surface area contributed by atoms with Crippen molar-refractivity contribution in [2.45, 2.75) is 25.9 Å². The van der Waals surface area contributed by atoms with E-state index in [1.807, 2.05) is 6.07 Å². The topological polar surface area (TPSA) is 64.2 Å². The minimum atomic E-state index is 0.0316. The van der Waals surface area contributed by atoms with Crippen molar-refractivity contribution in [3.05, 3.63) is 47.0 Å². The van der Waals surface area contributed by atoms with Crippen LogP contribution >= 0.6 is 0 Å². The molecule has 0 unspecified atom stereocenters. The summed E-state index contributed by atoms with van der Waals surface area (Å²) in [5.41, 5.74) is 0.0316. The van der Waals surface area contributed by atoms with Gasteiger partial charge in [0.25, 0.3) is 5.56 Å². The quantitative estimate of drug-likeness (QED) is 0.836. The lowest BCUT2D eigenvalue weighted by Gasteiger charge is -2.31. The number of aromatic nitrogens is 3. The smallest absolute Gasteiger partial charge is 0.253 e. The molecule has 0 bridgehead atoms. The van der Waals surface area contributed by atoms with E-state index in [0.717, 1.165) is 44.8 Å². The van der Waals surface area contributed by atoms with Gasteiger partial charge in [-0.2, -0.15) is 0 Å². The van der Waals surface area contributed by atoms with Crippen molar-refractivity contribution in [3.8, 4) is 0 Å². The summed E-state index contributed by atoms with van der Waals surface area (Å²) < 4.78 is 6.83. The molecule has 3 heterocycles. The summed E-state index contributed by atoms with van der Waals surface area (Å²) >= 11 is 0. The molecule has 3 rings (SSSR count). The van der Waals surface area contributed by atoms with Gasteiger partial charge in [-0.05, 0) is 31.8 Å². The second-order valence-electron chi connectivity index (χ2n) is 5.27. The van der Waals surface area contributed by atoms with Gasteiger partial charge in [0.1, 0.15) is 0 Å². The van der Waals surface area contributed by atoms with Crippen LogP contribution in [0.25, 0.3) is 0 Å². The molecule has 2 aromatic heterocycles. The Labute approximate surface area is 117 Å². The predicted molar refractivity (Wildman–Crippen MR) is 73.0 cm³/mol. The lowest BCUT2D eigenvalue weighted by Crippen LogP contribution is -2.35. The lowest BCUT2D eigenvalue weighted by atomic mass is 9.96. The Hall–Kier alpha value is -1.95. The average Bonchev–Trinajstić information content (AvgIpc) is 2.96. The molecule has 1 aliphatic rings. The maximum atomic E-state index is 11.7. The van der Waals surface area contributed by atoms with E-state index in [1.165, 1.54) is 6.07 Å². The third-order valence-electron chi connectivity index (χ3n) is 3.83. The number of nitrogens with zero attached hydrogens (tertiary/aromatic N) is 4. The molecule has 0 saturated carbocycles. The first-order valence-electron chi connectivity index (χ1n) is 6.93. The van der Waals surface area contributed by atoms with Crippen LogP contribution in [0.1, 0.15) is 18.6 Å². The van der Waals surface area contributed by atoms with E-state index in [2.05, 4.69) is 15.0 Å². The molecule has 106 valence electrons. The first-order chi connectivity index (χ1) is 9.81. The summed E-state index contributed by atoms with van der Waals surface area (Å²) in [5, 5.41) is 3.72. The van der Waals surface area contributed by atoms with Gasteiger partial charge in [-0.25, -0.2) is 4.98 Å². The molecular formula is C14H18N4O2. The summed E-state index contributed by atoms with van der Waals surface area (Å²) in [6.07, 6.45) is 7.03. The Bertz CT molecular complexity index is 585. The van der Waals surface area contributed by atoms with Crippen LogP contribution in [0.5, 0.6) is 0 Å². The van der Waals surface area contributed by atoms with Crippen molar-refractivity contribution < 1.29 is 4.52 Å². The zero-order valence-corrected chi connectivity index (χ0v) is 11.3. The number of hydrogen-bond acceptors (Lipinski definition) is 5. The number of likely N-dealkylation sites (tertiary alicyclic amines) is 1. The van der Waals surface area contributed by atoms with E-state index < -0.39 is 0 Å². The van der Waals surface area contributed by atoms with Crippen molar-refractivity contribution in [3.63, 3.8) is 0 Å². The van der Waals surface area contributed by atoms with E-state index in [0.29, 0.717) is 5.92 Å². The van der Waals surface area contributed by atoms with Gasteiger partial charge in [-0.15, -0.1) is 0 Å². The highest BCUT2D eigenvalue weighted by Gasteiger charge is 2.20. The summed E-state index contributed by atoms with van der Waals surface area (Å²) in [6.45, 7) is 3.64. The van der Waals surface area contributed by atoms with Gasteiger partial charge in [-0.1, -0.05) is 5.16 Å². The Morgan fingerprint density at radius 1 is 1.25 bits per heavy atom. The Balaban J connectivity index is 1.51. The van der Waals surface area contributed by atoms with Crippen LogP contribution < -0.4 is 5.56 Å². The van der Waals surface area contributed by atoms with Gasteiger partial charge in [-0.3, -0.25) is 14.3 Å². The maximum absolute atomic E-state index is 11.7. The van der Waals surface area contributed by atoms with E-state index in [9.17, 15) is 4.79 Å². The van der Waals surface area contributed by atoms with Gasteiger partial charge < -0.3 is 4.52 Å². The molecule has 1 saturated heterocycles. The van der Waals surface area contributed by atoms with Crippen LogP contribution in [0.2, 0.25) is 0 Å². The van der Waals surface area contributed by atoms with E-state index in [-0.39, 0.29) is 5.56 Å². The van der Waals surface area contributed by atoms with Crippen LogP contribution in [0.3, 0.4) is 0 Å². The van der Waals surface area contributed by atoms with Crippen molar-refractivity contribution in [2.75, 3.05) is 13.1 Å². The Kier molecular flexibility index (Phi) is 3.92. The first-order valence-corrected chi connectivity index (χ1v) is 6.93. The number of piperidine rings is 1. The fourth-order valence-electron chi connectivity index (χ4n) is 2.66. The first kappa shape index (κ1) is 13.1. The molecule has 0 aromatic carbocycles. The number of hydrogen-bond donors (Lipinski definition) is 0. The molecule has 0 radical (unpaired) electrons. The minimum Gasteiger partial charge on any atom is -0.360 e. The minimum absolute atomic E-state index is 0.0316. The highest BCUT2D eigenvalue weighted by atomic mass is 16.5. The summed E-state index contributed by atoms with van der Waals surface area (Å²) in [6, 6.07) is 3.42. The van der Waals surface area contributed by atoms with Crippen molar-refractivity contribution >= 4 is 0 Å². The fraction of sp³-hybridized carbons (Fsp3) is 0.500. The monoisotopic (exact) mass is 274 g/mol. The van der Waals surface area contributed by atoms with Crippen LogP contribution in [-0.4, -0.2) is 32.7 Å². The highest BCUT2D eigenvalue weighted by Crippen LogP contribution is 2.20. The van der Waals surface area contributed by atoms with Crippen molar-refractivity contribution in [2.24, 2.45) is 5.92 Å². The summed E-state index contributed by atoms with van der Waals surface area (Å²) in [4.78, 5) is 18.0. The molecular weight excluding hydrogens is 256 g/mol. The van der Waals surface area contributed by atoms with Gasteiger partial charge in [0.2, 0.25) is 0 Å². The van der Waals surface area contributed by atoms with E-state index in [4.69, 9.17) is 4.52 Å². The maximum Gasteiger partial charge on any atom is 0.253 e. The SMILES string of the molecule is O=c1ccncn1CC1CCN(Cc2ccno2)CC1. The molecule has 2 aromatic rings. The van der Waals surface area contributed by atoms with Crippen LogP contribution in [0, 0.1) is 5.92 Å². The van der Waals surface area contributed by atoms with Gasteiger partial charge in [0.15, 0.2) is 5.76 Å². The molecule has 0 aliphatic carbocycles. The summed E-state index contributed by atoms with van der Waals surface area (Å²) in [5.74, 6) is 1.45. The van der Waals surface area contributed by atoms with Crippen LogP contribution in [-0.2, 0) is 13.1 Å². The molecule has 1 aliphatic heterocycles. The second-order valence-corrected chi connectivity index (χ2v) is 5.27. The second kappa shape index (κ2) is 6.00. The Morgan fingerprint density at radius 2 is 2.10 bits per heavy atom. The average molecular weight is 274 g/mol. The third-order valence-corrected chi connectivity index (χ3v) is 3.83. The van der Waals surface area contributed by atoms with Crippen LogP contribution in [0.4, 0.5) is 0 Å². The van der Waals surface area contributed by atoms with Crippen molar-refractivity contribution in [1.29, 1.82) is 0 Å². The predicted octanol–water partition coefficient (Wildman–Crippen LogP) is 1.14. The van der Waals surface area contributed by atoms with Gasteiger partial charge in [0.05, 0.1) is 19.1 Å². The lowest BCUT2D eigenvalue weighted by molar-refractivity contribution is 0.152. The number of rotatable bonds is 4. The fourth-order valence-corrected chi connectivity index (χ4v) is 2.66. The molecule has 0 N–H and O–H groups in total. The molecule has 6 heteroatoms. The van der Waals surface area contributed by atoms with Gasteiger partial charge >= 0.3 is 0 Å². The van der Waals surface area contributed by atoms with Crippen LogP contribution in [0.15, 0.2) is 40.2 Å². The molecule has 6 nitrogen and oxygen atoms in total. The highest BCUT2D eigenvalue weighted by molar-refractivity contribution is 4.93. The standard InChI is InChI=1S/C14H18N4O2/c19-14-2-5-15-11-18(14)9-12-3-7-17(8-4-12)10-13-1-6-16-20-13/h1-2,5-6,11-12H,3-4,7-10H2. The van der Waals surface area contributed by atoms with Gasteiger partial charge in [0, 0.05) is 24.9 Å².